The number of ether oxygens (including phenoxy) is 2. The molecule has 3 aliphatic rings. The predicted octanol–water partition coefficient (Wildman–Crippen LogP) is 3.93. The van der Waals surface area contributed by atoms with E-state index in [1.54, 1.807) is 30.3 Å². The summed E-state index contributed by atoms with van der Waals surface area (Å²) in [5, 5.41) is 2.97. The topological polar surface area (TPSA) is 97.8 Å². The molecule has 0 spiro atoms. The molecular weight excluding hydrogens is 466 g/mol. The molecule has 1 N–H and O–H groups in total. The Balaban J connectivity index is 1.20. The van der Waals surface area contributed by atoms with Gasteiger partial charge in [0.2, 0.25) is 22.7 Å². The molecule has 2 aromatic carbocycles. The first kappa shape index (κ1) is 22.1. The molecule has 0 bridgehead atoms. The zero-order chi connectivity index (χ0) is 24.0. The summed E-state index contributed by atoms with van der Waals surface area (Å²) in [4.78, 5) is 18.1. The Hall–Kier alpha value is -3.43. The van der Waals surface area contributed by atoms with E-state index in [1.165, 1.54) is 4.31 Å². The smallest absolute Gasteiger partial charge is 0.243 e. The summed E-state index contributed by atoms with van der Waals surface area (Å²) in [5.41, 5.74) is 1.74. The van der Waals surface area contributed by atoms with Crippen molar-refractivity contribution in [1.29, 1.82) is 0 Å². The van der Waals surface area contributed by atoms with E-state index in [2.05, 4.69) is 10.3 Å². The number of hydrogen-bond donors (Lipinski definition) is 1. The van der Waals surface area contributed by atoms with Crippen LogP contribution >= 0.6 is 0 Å². The average Bonchev–Trinajstić information content (AvgIpc) is 3.27. The lowest BCUT2D eigenvalue weighted by Gasteiger charge is -2.17. The van der Waals surface area contributed by atoms with E-state index >= 15 is 0 Å². The van der Waals surface area contributed by atoms with Crippen LogP contribution in [0.15, 0.2) is 65.6 Å². The zero-order valence-corrected chi connectivity index (χ0v) is 19.9. The summed E-state index contributed by atoms with van der Waals surface area (Å²) in [6, 6.07) is 17.8. The molecule has 35 heavy (non-hydrogen) atoms. The van der Waals surface area contributed by atoms with E-state index in [0.717, 1.165) is 36.8 Å². The van der Waals surface area contributed by atoms with Crippen LogP contribution in [0.5, 0.6) is 11.5 Å². The Morgan fingerprint density at radius 3 is 2.43 bits per heavy atom. The molecule has 180 valence electrons. The minimum atomic E-state index is -3.46. The second-order valence-corrected chi connectivity index (χ2v) is 11.1. The molecule has 3 aromatic rings. The van der Waals surface area contributed by atoms with Crippen molar-refractivity contribution < 1.29 is 22.7 Å². The Morgan fingerprint density at radius 2 is 1.69 bits per heavy atom. The maximum Gasteiger partial charge on any atom is 0.243 e. The monoisotopic (exact) mass is 491 g/mol. The molecule has 1 amide bonds. The number of fused-ring (bicyclic) bond motifs is 1. The first-order valence-electron chi connectivity index (χ1n) is 11.7. The van der Waals surface area contributed by atoms with Gasteiger partial charge in [-0.1, -0.05) is 24.3 Å². The van der Waals surface area contributed by atoms with Gasteiger partial charge in [0.25, 0.3) is 0 Å². The molecule has 1 saturated carbocycles. The van der Waals surface area contributed by atoms with E-state index in [1.807, 2.05) is 30.3 Å². The van der Waals surface area contributed by atoms with Gasteiger partial charge in [-0.3, -0.25) is 4.79 Å². The van der Waals surface area contributed by atoms with Crippen molar-refractivity contribution in [1.82, 2.24) is 9.29 Å². The van der Waals surface area contributed by atoms with E-state index in [4.69, 9.17) is 9.47 Å². The number of rotatable bonds is 6. The van der Waals surface area contributed by atoms with Gasteiger partial charge in [0.05, 0.1) is 16.0 Å². The number of nitrogens with one attached hydrogen (secondary N) is 1. The standard InChI is InChI=1S/C26H25N3O5S/c30-25(26(12-13-26)19-8-11-22-23(16-19)34-17-33-22)28-24-5-3-4-21(27-24)18-6-9-20(10-7-18)35(31,32)29-14-1-2-15-29/h3-11,16H,1-2,12-15,17H2,(H,27,28,30). The van der Waals surface area contributed by atoms with Crippen LogP contribution in [0.25, 0.3) is 11.3 Å². The van der Waals surface area contributed by atoms with Crippen LogP contribution in [0.1, 0.15) is 31.2 Å². The van der Waals surface area contributed by atoms with Gasteiger partial charge >= 0.3 is 0 Å². The van der Waals surface area contributed by atoms with Crippen molar-refractivity contribution >= 4 is 21.7 Å². The largest absolute Gasteiger partial charge is 0.454 e. The Labute approximate surface area is 203 Å². The number of carbonyl (C=O) groups excluding carboxylic acids is 1. The molecule has 1 aromatic heterocycles. The molecule has 6 rings (SSSR count). The van der Waals surface area contributed by atoms with Crippen LogP contribution < -0.4 is 14.8 Å². The van der Waals surface area contributed by atoms with Crippen LogP contribution in [-0.4, -0.2) is 43.5 Å². The van der Waals surface area contributed by atoms with Crippen LogP contribution in [0.2, 0.25) is 0 Å². The molecule has 2 fully saturated rings. The number of pyridine rings is 1. The van der Waals surface area contributed by atoms with Crippen LogP contribution in [0.4, 0.5) is 5.82 Å². The van der Waals surface area contributed by atoms with Gasteiger partial charge in [-0.2, -0.15) is 4.31 Å². The fourth-order valence-corrected chi connectivity index (χ4v) is 6.26. The summed E-state index contributed by atoms with van der Waals surface area (Å²) in [7, 11) is -3.46. The minimum Gasteiger partial charge on any atom is -0.454 e. The molecule has 0 unspecified atom stereocenters. The van der Waals surface area contributed by atoms with Gasteiger partial charge < -0.3 is 14.8 Å². The van der Waals surface area contributed by atoms with E-state index in [9.17, 15) is 13.2 Å². The summed E-state index contributed by atoms with van der Waals surface area (Å²) < 4.78 is 38.0. The minimum absolute atomic E-state index is 0.104. The van der Waals surface area contributed by atoms with Gasteiger partial charge in [0.1, 0.15) is 5.82 Å². The average molecular weight is 492 g/mol. The molecule has 1 aliphatic carbocycles. The van der Waals surface area contributed by atoms with Crippen molar-refractivity contribution in [2.45, 2.75) is 36.0 Å². The highest BCUT2D eigenvalue weighted by atomic mass is 32.2. The Bertz CT molecular complexity index is 1390. The van der Waals surface area contributed by atoms with E-state index < -0.39 is 15.4 Å². The fourth-order valence-electron chi connectivity index (χ4n) is 4.74. The predicted molar refractivity (Wildman–Crippen MR) is 130 cm³/mol. The number of nitrogens with zero attached hydrogens (tertiary/aromatic N) is 2. The summed E-state index contributed by atoms with van der Waals surface area (Å²) >= 11 is 0. The highest BCUT2D eigenvalue weighted by molar-refractivity contribution is 7.89. The van der Waals surface area contributed by atoms with Gasteiger partial charge in [-0.05, 0) is 67.6 Å². The van der Waals surface area contributed by atoms with Crippen LogP contribution in [0, 0.1) is 0 Å². The molecule has 8 nitrogen and oxygen atoms in total. The molecule has 9 heteroatoms. The number of benzene rings is 2. The molecule has 1 saturated heterocycles. The second kappa shape index (κ2) is 8.35. The number of carbonyl (C=O) groups is 1. The first-order valence-corrected chi connectivity index (χ1v) is 13.2. The highest BCUT2D eigenvalue weighted by Crippen LogP contribution is 2.51. The Morgan fingerprint density at radius 1 is 0.943 bits per heavy atom. The lowest BCUT2D eigenvalue weighted by molar-refractivity contribution is -0.118. The second-order valence-electron chi connectivity index (χ2n) is 9.15. The first-order chi connectivity index (χ1) is 17.0. The quantitative estimate of drug-likeness (QED) is 0.561. The number of hydrogen-bond acceptors (Lipinski definition) is 6. The normalized spacial score (nSPS) is 18.4. The zero-order valence-electron chi connectivity index (χ0n) is 19.1. The van der Waals surface area contributed by atoms with Crippen LogP contribution in [0.3, 0.4) is 0 Å². The number of anilines is 1. The van der Waals surface area contributed by atoms with E-state index in [0.29, 0.717) is 36.1 Å². The van der Waals surface area contributed by atoms with Crippen molar-refractivity contribution in [2.24, 2.45) is 0 Å². The SMILES string of the molecule is O=C(Nc1cccc(-c2ccc(S(=O)(=O)N3CCCC3)cc2)n1)C1(c2ccc3c(c2)OCO3)CC1. The van der Waals surface area contributed by atoms with Crippen molar-refractivity contribution in [2.75, 3.05) is 25.2 Å². The summed E-state index contributed by atoms with van der Waals surface area (Å²) in [6.45, 7) is 1.34. The maximum atomic E-state index is 13.2. The van der Waals surface area contributed by atoms with Crippen molar-refractivity contribution in [3.05, 3.63) is 66.2 Å². The van der Waals surface area contributed by atoms with Gasteiger partial charge in [0, 0.05) is 18.7 Å². The van der Waals surface area contributed by atoms with Crippen LogP contribution in [-0.2, 0) is 20.2 Å². The van der Waals surface area contributed by atoms with E-state index in [-0.39, 0.29) is 17.6 Å². The van der Waals surface area contributed by atoms with Gasteiger partial charge in [-0.25, -0.2) is 13.4 Å². The van der Waals surface area contributed by atoms with Crippen molar-refractivity contribution in [3.8, 4) is 22.8 Å². The number of sulfonamides is 1. The third kappa shape index (κ3) is 3.94. The number of aromatic nitrogens is 1. The molecular formula is C26H25N3O5S. The fraction of sp³-hybridized carbons (Fsp3) is 0.308. The van der Waals surface area contributed by atoms with Gasteiger partial charge in [0.15, 0.2) is 11.5 Å². The summed E-state index contributed by atoms with van der Waals surface area (Å²) in [6.07, 6.45) is 3.31. The van der Waals surface area contributed by atoms with Gasteiger partial charge in [-0.15, -0.1) is 0 Å². The summed E-state index contributed by atoms with van der Waals surface area (Å²) in [5.74, 6) is 1.71. The molecule has 0 atom stereocenters. The lowest BCUT2D eigenvalue weighted by atomic mass is 9.94. The van der Waals surface area contributed by atoms with Crippen molar-refractivity contribution in [3.63, 3.8) is 0 Å². The maximum absolute atomic E-state index is 13.2. The Kier molecular flexibility index (Phi) is 5.26. The lowest BCUT2D eigenvalue weighted by Crippen LogP contribution is -2.28. The molecule has 0 radical (unpaired) electrons. The molecule has 2 aliphatic heterocycles. The third-order valence-corrected chi connectivity index (χ3v) is 8.87. The highest BCUT2D eigenvalue weighted by Gasteiger charge is 2.51. The third-order valence-electron chi connectivity index (χ3n) is 6.95. The molecule has 3 heterocycles. The number of amides is 1.